The molecule has 0 atom stereocenters. The highest BCUT2D eigenvalue weighted by Crippen LogP contribution is 2.25. The molecule has 1 aromatic rings. The molecule has 0 aliphatic rings. The molecule has 1 N–H and O–H groups in total. The van der Waals surface area contributed by atoms with Crippen molar-refractivity contribution in [1.82, 2.24) is 0 Å². The molecule has 0 aliphatic carbocycles. The van der Waals surface area contributed by atoms with Gasteiger partial charge >= 0.3 is 0 Å². The summed E-state index contributed by atoms with van der Waals surface area (Å²) in [6, 6.07) is 7.57. The molecule has 0 spiro atoms. The standard InChI is InChI=1S/C8H11N3/c1-11(2)8-6-4-3-5-7(8)10-9/h3-6,9H,1-2H3. The predicted octanol–water partition coefficient (Wildman–Crippen LogP) is 2.42. The van der Waals surface area contributed by atoms with Gasteiger partial charge in [0, 0.05) is 14.1 Å². The lowest BCUT2D eigenvalue weighted by atomic mass is 10.2. The van der Waals surface area contributed by atoms with Gasteiger partial charge in [0.05, 0.1) is 5.69 Å². The molecule has 0 aromatic heterocycles. The zero-order valence-electron chi connectivity index (χ0n) is 6.70. The number of nitrogens with one attached hydrogen (secondary N) is 1. The van der Waals surface area contributed by atoms with E-state index in [4.69, 9.17) is 5.53 Å². The van der Waals surface area contributed by atoms with Crippen LogP contribution in [0.1, 0.15) is 0 Å². The summed E-state index contributed by atoms with van der Waals surface area (Å²) in [5, 5.41) is 3.40. The molecule has 0 fully saturated rings. The zero-order valence-corrected chi connectivity index (χ0v) is 6.70. The van der Waals surface area contributed by atoms with Crippen LogP contribution in [0.4, 0.5) is 11.4 Å². The summed E-state index contributed by atoms with van der Waals surface area (Å²) in [5.41, 5.74) is 8.56. The second-order valence-corrected chi connectivity index (χ2v) is 2.49. The van der Waals surface area contributed by atoms with E-state index in [1.54, 1.807) is 0 Å². The maximum Gasteiger partial charge on any atom is 0.108 e. The minimum absolute atomic E-state index is 0.706. The summed E-state index contributed by atoms with van der Waals surface area (Å²) >= 11 is 0. The monoisotopic (exact) mass is 149 g/mol. The van der Waals surface area contributed by atoms with Crippen LogP contribution in [-0.4, -0.2) is 14.1 Å². The molecule has 0 radical (unpaired) electrons. The first kappa shape index (κ1) is 7.72. The van der Waals surface area contributed by atoms with Gasteiger partial charge in [-0.3, -0.25) is 0 Å². The summed E-state index contributed by atoms with van der Waals surface area (Å²) in [4.78, 5) is 1.94. The highest BCUT2D eigenvalue weighted by atomic mass is 15.1. The van der Waals surface area contributed by atoms with Crippen molar-refractivity contribution in [2.75, 3.05) is 19.0 Å². The van der Waals surface area contributed by atoms with Crippen molar-refractivity contribution in [2.45, 2.75) is 0 Å². The van der Waals surface area contributed by atoms with Crippen molar-refractivity contribution < 1.29 is 0 Å². The van der Waals surface area contributed by atoms with E-state index in [1.807, 2.05) is 43.3 Å². The van der Waals surface area contributed by atoms with E-state index in [-0.39, 0.29) is 0 Å². The Morgan fingerprint density at radius 2 is 1.91 bits per heavy atom. The van der Waals surface area contributed by atoms with Gasteiger partial charge in [-0.25, -0.2) is 5.53 Å². The Hall–Kier alpha value is -1.38. The number of rotatable bonds is 2. The van der Waals surface area contributed by atoms with Gasteiger partial charge in [0.25, 0.3) is 0 Å². The number of hydrogen-bond donors (Lipinski definition) is 1. The van der Waals surface area contributed by atoms with Crippen LogP contribution < -0.4 is 4.90 Å². The van der Waals surface area contributed by atoms with Crippen LogP contribution in [0.25, 0.3) is 0 Å². The summed E-state index contributed by atoms with van der Waals surface area (Å²) in [5.74, 6) is 0. The van der Waals surface area contributed by atoms with E-state index in [2.05, 4.69) is 5.11 Å². The minimum Gasteiger partial charge on any atom is -0.376 e. The Kier molecular flexibility index (Phi) is 2.21. The number of benzene rings is 1. The van der Waals surface area contributed by atoms with Crippen molar-refractivity contribution in [3.8, 4) is 0 Å². The molecule has 0 amide bonds. The van der Waals surface area contributed by atoms with Crippen molar-refractivity contribution in [1.29, 1.82) is 5.53 Å². The molecular formula is C8H11N3. The second kappa shape index (κ2) is 3.14. The summed E-state index contributed by atoms with van der Waals surface area (Å²) in [7, 11) is 3.87. The summed E-state index contributed by atoms with van der Waals surface area (Å²) < 4.78 is 0. The second-order valence-electron chi connectivity index (χ2n) is 2.49. The van der Waals surface area contributed by atoms with Crippen LogP contribution in [0.15, 0.2) is 29.4 Å². The molecule has 0 unspecified atom stereocenters. The van der Waals surface area contributed by atoms with Crippen molar-refractivity contribution in [3.63, 3.8) is 0 Å². The fourth-order valence-corrected chi connectivity index (χ4v) is 0.937. The van der Waals surface area contributed by atoms with Crippen LogP contribution in [0.5, 0.6) is 0 Å². The van der Waals surface area contributed by atoms with E-state index in [0.717, 1.165) is 5.69 Å². The lowest BCUT2D eigenvalue weighted by molar-refractivity contribution is 1.09. The third kappa shape index (κ3) is 1.55. The van der Waals surface area contributed by atoms with Crippen molar-refractivity contribution >= 4 is 11.4 Å². The number of anilines is 1. The quantitative estimate of drug-likeness (QED) is 0.644. The van der Waals surface area contributed by atoms with E-state index in [1.165, 1.54) is 0 Å². The van der Waals surface area contributed by atoms with Gasteiger partial charge in [0.15, 0.2) is 0 Å². The average Bonchev–Trinajstić information content (AvgIpc) is 2.04. The molecule has 0 bridgehead atoms. The lowest BCUT2D eigenvalue weighted by Crippen LogP contribution is -2.08. The topological polar surface area (TPSA) is 39.5 Å². The van der Waals surface area contributed by atoms with E-state index in [9.17, 15) is 0 Å². The first-order chi connectivity index (χ1) is 5.25. The SMILES string of the molecule is CN(C)c1ccccc1N=N. The fraction of sp³-hybridized carbons (Fsp3) is 0.250. The van der Waals surface area contributed by atoms with E-state index < -0.39 is 0 Å². The highest BCUT2D eigenvalue weighted by Gasteiger charge is 1.99. The van der Waals surface area contributed by atoms with Crippen LogP contribution in [-0.2, 0) is 0 Å². The van der Waals surface area contributed by atoms with Gasteiger partial charge in [0.2, 0.25) is 0 Å². The molecular weight excluding hydrogens is 138 g/mol. The Bertz CT molecular complexity index is 255. The van der Waals surface area contributed by atoms with Crippen LogP contribution >= 0.6 is 0 Å². The van der Waals surface area contributed by atoms with Gasteiger partial charge in [-0.1, -0.05) is 12.1 Å². The molecule has 1 rings (SSSR count). The molecule has 0 aliphatic heterocycles. The number of para-hydroxylation sites is 2. The summed E-state index contributed by atoms with van der Waals surface area (Å²) in [6.45, 7) is 0. The summed E-state index contributed by atoms with van der Waals surface area (Å²) in [6.07, 6.45) is 0. The smallest absolute Gasteiger partial charge is 0.108 e. The van der Waals surface area contributed by atoms with Gasteiger partial charge < -0.3 is 4.90 Å². The van der Waals surface area contributed by atoms with Gasteiger partial charge in [-0.15, -0.1) is 0 Å². The molecule has 0 saturated carbocycles. The van der Waals surface area contributed by atoms with Crippen molar-refractivity contribution in [2.24, 2.45) is 5.11 Å². The molecule has 0 heterocycles. The maximum atomic E-state index is 6.88. The normalized spacial score (nSPS) is 9.27. The first-order valence-electron chi connectivity index (χ1n) is 3.39. The van der Waals surface area contributed by atoms with Crippen LogP contribution in [0.3, 0.4) is 0 Å². The largest absolute Gasteiger partial charge is 0.376 e. The molecule has 3 heteroatoms. The van der Waals surface area contributed by atoms with Gasteiger partial charge in [-0.05, 0) is 12.1 Å². The highest BCUT2D eigenvalue weighted by molar-refractivity contribution is 5.65. The lowest BCUT2D eigenvalue weighted by Gasteiger charge is -2.13. The Morgan fingerprint density at radius 1 is 1.27 bits per heavy atom. The number of nitrogens with zero attached hydrogens (tertiary/aromatic N) is 2. The fourth-order valence-electron chi connectivity index (χ4n) is 0.937. The maximum absolute atomic E-state index is 6.88. The van der Waals surface area contributed by atoms with Gasteiger partial charge in [-0.2, -0.15) is 5.11 Å². The first-order valence-corrected chi connectivity index (χ1v) is 3.39. The minimum atomic E-state index is 0.706. The van der Waals surface area contributed by atoms with Crippen LogP contribution in [0, 0.1) is 5.53 Å². The van der Waals surface area contributed by atoms with Gasteiger partial charge in [0.1, 0.15) is 5.69 Å². The zero-order chi connectivity index (χ0) is 8.27. The predicted molar refractivity (Wildman–Crippen MR) is 45.6 cm³/mol. The van der Waals surface area contributed by atoms with Crippen molar-refractivity contribution in [3.05, 3.63) is 24.3 Å². The molecule has 58 valence electrons. The van der Waals surface area contributed by atoms with E-state index in [0.29, 0.717) is 5.69 Å². The Balaban J connectivity index is 3.12. The molecule has 11 heavy (non-hydrogen) atoms. The molecule has 3 nitrogen and oxygen atoms in total. The number of hydrogen-bond acceptors (Lipinski definition) is 3. The van der Waals surface area contributed by atoms with Crippen LogP contribution in [0.2, 0.25) is 0 Å². The molecule has 0 saturated heterocycles. The van der Waals surface area contributed by atoms with E-state index >= 15 is 0 Å². The average molecular weight is 149 g/mol. The Labute approximate surface area is 66.2 Å². The third-order valence-corrected chi connectivity index (χ3v) is 1.48. The molecule has 1 aromatic carbocycles. The third-order valence-electron chi connectivity index (χ3n) is 1.48. The Morgan fingerprint density at radius 3 is 2.36 bits per heavy atom.